The lowest BCUT2D eigenvalue weighted by atomic mass is 10.1. The monoisotopic (exact) mass is 379 g/mol. The van der Waals surface area contributed by atoms with Gasteiger partial charge in [-0.15, -0.1) is 0 Å². The smallest absolute Gasteiger partial charge is 0.306 e. The number of hydrogen-bond donors (Lipinski definition) is 0. The fourth-order valence-corrected chi connectivity index (χ4v) is 5.17. The molecule has 2 heterocycles. The van der Waals surface area contributed by atoms with Gasteiger partial charge in [0.05, 0.1) is 11.5 Å². The first-order valence-corrected chi connectivity index (χ1v) is 10.5. The third kappa shape index (κ3) is 4.49. The van der Waals surface area contributed by atoms with Crippen LogP contribution in [0.4, 0.5) is 5.69 Å². The van der Waals surface area contributed by atoms with Gasteiger partial charge >= 0.3 is 5.97 Å². The van der Waals surface area contributed by atoms with Crippen LogP contribution in [0.5, 0.6) is 0 Å². The largest absolute Gasteiger partial charge is 0.457 e. The van der Waals surface area contributed by atoms with Crippen molar-refractivity contribution in [3.63, 3.8) is 0 Å². The van der Waals surface area contributed by atoms with Crippen LogP contribution in [0.15, 0.2) is 24.3 Å². The average Bonchev–Trinajstić information content (AvgIpc) is 3.18. The summed E-state index contributed by atoms with van der Waals surface area (Å²) in [5, 5.41) is 0. The Kier molecular flexibility index (Phi) is 5.41. The zero-order chi connectivity index (χ0) is 18.7. The molecule has 2 aliphatic rings. The summed E-state index contributed by atoms with van der Waals surface area (Å²) in [6.45, 7) is 0.306. The highest BCUT2D eigenvalue weighted by atomic mass is 32.2. The van der Waals surface area contributed by atoms with Gasteiger partial charge in [-0.3, -0.25) is 14.4 Å². The molecule has 8 heteroatoms. The Bertz CT molecular complexity index is 815. The molecule has 1 amide bonds. The molecule has 0 bridgehead atoms. The zero-order valence-electron chi connectivity index (χ0n) is 14.3. The number of amides is 1. The van der Waals surface area contributed by atoms with Crippen LogP contribution in [0.2, 0.25) is 0 Å². The third-order valence-corrected chi connectivity index (χ3v) is 6.56. The van der Waals surface area contributed by atoms with Crippen LogP contribution < -0.4 is 4.90 Å². The number of anilines is 1. The highest BCUT2D eigenvalue weighted by molar-refractivity contribution is 7.91. The van der Waals surface area contributed by atoms with Gasteiger partial charge in [0.1, 0.15) is 0 Å². The topological polar surface area (TPSA) is 97.8 Å². The number of ether oxygens (including phenoxy) is 1. The van der Waals surface area contributed by atoms with Gasteiger partial charge in [-0.1, -0.05) is 0 Å². The normalized spacial score (nSPS) is 21.8. The van der Waals surface area contributed by atoms with Gasteiger partial charge in [-0.25, -0.2) is 8.42 Å². The quantitative estimate of drug-likeness (QED) is 0.547. The lowest BCUT2D eigenvalue weighted by Crippen LogP contribution is -2.23. The van der Waals surface area contributed by atoms with Crippen molar-refractivity contribution in [2.75, 3.05) is 29.6 Å². The number of carbonyl (C=O) groups excluding carboxylic acids is 3. The van der Waals surface area contributed by atoms with Gasteiger partial charge < -0.3 is 9.64 Å². The van der Waals surface area contributed by atoms with E-state index >= 15 is 0 Å². The fraction of sp³-hybridized carbons (Fsp3) is 0.500. The lowest BCUT2D eigenvalue weighted by Gasteiger charge is -2.15. The fourth-order valence-electron chi connectivity index (χ4n) is 3.31. The van der Waals surface area contributed by atoms with Crippen LogP contribution in [0.25, 0.3) is 0 Å². The van der Waals surface area contributed by atoms with E-state index in [0.29, 0.717) is 24.9 Å². The van der Waals surface area contributed by atoms with Crippen molar-refractivity contribution in [2.24, 2.45) is 5.92 Å². The van der Waals surface area contributed by atoms with E-state index in [1.807, 2.05) is 0 Å². The summed E-state index contributed by atoms with van der Waals surface area (Å²) in [4.78, 5) is 37.3. The molecule has 0 N–H and O–H groups in total. The molecule has 0 saturated carbocycles. The number of benzene rings is 1. The zero-order valence-corrected chi connectivity index (χ0v) is 15.2. The number of esters is 1. The molecule has 2 aliphatic heterocycles. The van der Waals surface area contributed by atoms with Crippen molar-refractivity contribution in [1.29, 1.82) is 0 Å². The maximum Gasteiger partial charge on any atom is 0.306 e. The Morgan fingerprint density at radius 1 is 1.19 bits per heavy atom. The van der Waals surface area contributed by atoms with Crippen molar-refractivity contribution < 1.29 is 27.5 Å². The Hall–Kier alpha value is -2.22. The Morgan fingerprint density at radius 2 is 1.92 bits per heavy atom. The predicted octanol–water partition coefficient (Wildman–Crippen LogP) is 1.36. The first-order chi connectivity index (χ1) is 12.3. The summed E-state index contributed by atoms with van der Waals surface area (Å²) in [5.41, 5.74) is 1.15. The van der Waals surface area contributed by atoms with Crippen molar-refractivity contribution in [3.8, 4) is 0 Å². The van der Waals surface area contributed by atoms with E-state index in [0.717, 1.165) is 12.1 Å². The standard InChI is InChI=1S/C18H21NO6S/c20-16(11-25-18(22)10-13-7-9-26(23,24)12-13)14-3-5-15(6-4-14)19-8-1-2-17(19)21/h3-6,13H,1-2,7-12H2/t13-/m1/s1. The number of ketones is 1. The lowest BCUT2D eigenvalue weighted by molar-refractivity contribution is -0.143. The third-order valence-electron chi connectivity index (χ3n) is 4.72. The highest BCUT2D eigenvalue weighted by Crippen LogP contribution is 2.23. The van der Waals surface area contributed by atoms with Crippen LogP contribution in [0.3, 0.4) is 0 Å². The van der Waals surface area contributed by atoms with Gasteiger partial charge in [0.2, 0.25) is 5.91 Å². The second-order valence-corrected chi connectivity index (χ2v) is 8.98. The van der Waals surface area contributed by atoms with E-state index in [2.05, 4.69) is 0 Å². The minimum absolute atomic E-state index is 0.00668. The van der Waals surface area contributed by atoms with E-state index < -0.39 is 15.8 Å². The molecule has 2 saturated heterocycles. The van der Waals surface area contributed by atoms with Gasteiger partial charge in [0.15, 0.2) is 22.2 Å². The van der Waals surface area contributed by atoms with Crippen LogP contribution in [-0.2, 0) is 24.2 Å². The van der Waals surface area contributed by atoms with Crippen LogP contribution >= 0.6 is 0 Å². The molecule has 3 rings (SSSR count). The molecule has 1 aromatic carbocycles. The molecular formula is C18H21NO6S. The highest BCUT2D eigenvalue weighted by Gasteiger charge is 2.30. The Morgan fingerprint density at radius 3 is 2.50 bits per heavy atom. The summed E-state index contributed by atoms with van der Waals surface area (Å²) in [6.07, 6.45) is 1.85. The molecule has 7 nitrogen and oxygen atoms in total. The van der Waals surface area contributed by atoms with Crippen LogP contribution in [-0.4, -0.2) is 50.7 Å². The maximum absolute atomic E-state index is 12.1. The number of rotatable bonds is 6. The maximum atomic E-state index is 12.1. The Balaban J connectivity index is 1.48. The molecule has 0 spiro atoms. The van der Waals surface area contributed by atoms with E-state index in [9.17, 15) is 22.8 Å². The number of sulfone groups is 1. The predicted molar refractivity (Wildman–Crippen MR) is 94.7 cm³/mol. The van der Waals surface area contributed by atoms with Gasteiger partial charge in [-0.05, 0) is 43.0 Å². The number of nitrogens with zero attached hydrogens (tertiary/aromatic N) is 1. The van der Waals surface area contributed by atoms with E-state index in [1.165, 1.54) is 0 Å². The van der Waals surface area contributed by atoms with Gasteiger partial charge in [0.25, 0.3) is 0 Å². The molecule has 1 atom stereocenters. The summed E-state index contributed by atoms with van der Waals surface area (Å²) >= 11 is 0. The first-order valence-electron chi connectivity index (χ1n) is 8.64. The second kappa shape index (κ2) is 7.57. The van der Waals surface area contributed by atoms with Crippen molar-refractivity contribution in [3.05, 3.63) is 29.8 Å². The molecule has 26 heavy (non-hydrogen) atoms. The van der Waals surface area contributed by atoms with E-state index in [-0.39, 0.29) is 42.1 Å². The van der Waals surface area contributed by atoms with Crippen LogP contribution in [0.1, 0.15) is 36.0 Å². The molecule has 0 aliphatic carbocycles. The SMILES string of the molecule is O=C(C[C@H]1CCS(=O)(=O)C1)OCC(=O)c1ccc(N2CCCC2=O)cc1. The van der Waals surface area contributed by atoms with Crippen molar-refractivity contribution in [2.45, 2.75) is 25.7 Å². The van der Waals surface area contributed by atoms with Crippen molar-refractivity contribution in [1.82, 2.24) is 0 Å². The van der Waals surface area contributed by atoms with Crippen LogP contribution in [0, 0.1) is 5.92 Å². The summed E-state index contributed by atoms with van der Waals surface area (Å²) in [7, 11) is -3.03. The number of Topliss-reactive ketones (excluding diaryl/α,β-unsaturated/α-hetero) is 1. The summed E-state index contributed by atoms with van der Waals surface area (Å²) in [6, 6.07) is 6.64. The summed E-state index contributed by atoms with van der Waals surface area (Å²) < 4.78 is 27.8. The Labute approximate surface area is 152 Å². The average molecular weight is 379 g/mol. The molecular weight excluding hydrogens is 358 g/mol. The minimum atomic E-state index is -3.03. The second-order valence-electron chi connectivity index (χ2n) is 6.75. The number of carbonyl (C=O) groups is 3. The van der Waals surface area contributed by atoms with Crippen molar-refractivity contribution >= 4 is 33.2 Å². The molecule has 0 unspecified atom stereocenters. The summed E-state index contributed by atoms with van der Waals surface area (Å²) in [5.74, 6) is -0.925. The molecule has 1 aromatic rings. The minimum Gasteiger partial charge on any atom is -0.457 e. The molecule has 140 valence electrons. The van der Waals surface area contributed by atoms with E-state index in [4.69, 9.17) is 4.74 Å². The van der Waals surface area contributed by atoms with Gasteiger partial charge in [-0.2, -0.15) is 0 Å². The number of hydrogen-bond acceptors (Lipinski definition) is 6. The molecule has 0 aromatic heterocycles. The van der Waals surface area contributed by atoms with Gasteiger partial charge in [0, 0.05) is 30.6 Å². The van der Waals surface area contributed by atoms with E-state index in [1.54, 1.807) is 29.2 Å². The molecule has 2 fully saturated rings. The first kappa shape index (κ1) is 18.6. The molecule has 0 radical (unpaired) electrons.